The number of nitrogens with one attached hydrogen (secondary N) is 2. The Balaban J connectivity index is 1.91. The van der Waals surface area contributed by atoms with E-state index in [1.165, 1.54) is 43.3 Å². The highest BCUT2D eigenvalue weighted by Gasteiger charge is 2.28. The van der Waals surface area contributed by atoms with Gasteiger partial charge in [-0.2, -0.15) is 4.72 Å². The molecule has 0 radical (unpaired) electrons. The Hall–Kier alpha value is -3.47. The molecular weight excluding hydrogens is 494 g/mol. The number of nitro benzene ring substituents is 1. The van der Waals surface area contributed by atoms with Crippen molar-refractivity contribution in [2.75, 3.05) is 11.9 Å². The molecule has 3 rings (SSSR count). The molecule has 3 aromatic carbocycles. The van der Waals surface area contributed by atoms with Crippen molar-refractivity contribution in [2.45, 2.75) is 31.2 Å². The fourth-order valence-electron chi connectivity index (χ4n) is 3.39. The molecule has 0 aliphatic heterocycles. The fraction of sp³-hybridized carbons (Fsp3) is 0.208. The smallest absolute Gasteiger partial charge is 0.274 e. The third-order valence-electron chi connectivity index (χ3n) is 5.17. The van der Waals surface area contributed by atoms with Crippen molar-refractivity contribution in [3.63, 3.8) is 0 Å². The van der Waals surface area contributed by atoms with Gasteiger partial charge in [0.25, 0.3) is 5.69 Å². The van der Waals surface area contributed by atoms with Crippen molar-refractivity contribution in [3.8, 4) is 5.75 Å². The Morgan fingerprint density at radius 1 is 1.11 bits per heavy atom. The summed E-state index contributed by atoms with van der Waals surface area (Å²) in [5.74, 6) is -0.328. The minimum Gasteiger partial charge on any atom is -0.492 e. The summed E-state index contributed by atoms with van der Waals surface area (Å²) in [6, 6.07) is 16.0. The zero-order chi connectivity index (χ0) is 25.6. The van der Waals surface area contributed by atoms with E-state index in [-0.39, 0.29) is 33.3 Å². The topological polar surface area (TPSA) is 128 Å². The van der Waals surface area contributed by atoms with Gasteiger partial charge in [-0.1, -0.05) is 48.0 Å². The number of ether oxygens (including phenoxy) is 1. The summed E-state index contributed by atoms with van der Waals surface area (Å²) in [4.78, 5) is 23.8. The normalized spacial score (nSPS) is 12.1. The van der Waals surface area contributed by atoms with Crippen LogP contribution < -0.4 is 14.8 Å². The molecule has 1 amide bonds. The molecule has 9 nitrogen and oxygen atoms in total. The molecular formula is C24H24ClN3O6S. The van der Waals surface area contributed by atoms with Crippen LogP contribution in [0.25, 0.3) is 0 Å². The van der Waals surface area contributed by atoms with Crippen LogP contribution in [0.2, 0.25) is 5.02 Å². The van der Waals surface area contributed by atoms with Gasteiger partial charge >= 0.3 is 0 Å². The third kappa shape index (κ3) is 6.56. The maximum atomic E-state index is 13.2. The molecule has 0 heterocycles. The molecule has 35 heavy (non-hydrogen) atoms. The minimum atomic E-state index is -4.16. The summed E-state index contributed by atoms with van der Waals surface area (Å²) in [5, 5.41) is 14.0. The highest BCUT2D eigenvalue weighted by atomic mass is 35.5. The number of hydrogen-bond donors (Lipinski definition) is 2. The van der Waals surface area contributed by atoms with E-state index in [1.54, 1.807) is 37.3 Å². The second-order valence-electron chi connectivity index (χ2n) is 7.58. The maximum absolute atomic E-state index is 13.2. The molecule has 2 N–H and O–H groups in total. The number of anilines is 1. The van der Waals surface area contributed by atoms with Crippen molar-refractivity contribution < 1.29 is 22.9 Å². The van der Waals surface area contributed by atoms with Crippen molar-refractivity contribution in [1.29, 1.82) is 0 Å². The van der Waals surface area contributed by atoms with E-state index in [0.29, 0.717) is 12.4 Å². The zero-order valence-corrected chi connectivity index (χ0v) is 20.6. The molecule has 3 aromatic rings. The maximum Gasteiger partial charge on any atom is 0.274 e. The number of sulfonamides is 1. The molecule has 184 valence electrons. The van der Waals surface area contributed by atoms with E-state index in [1.807, 2.05) is 0 Å². The largest absolute Gasteiger partial charge is 0.492 e. The second-order valence-corrected chi connectivity index (χ2v) is 9.71. The van der Waals surface area contributed by atoms with Gasteiger partial charge in [0.15, 0.2) is 0 Å². The van der Waals surface area contributed by atoms with E-state index in [9.17, 15) is 23.3 Å². The molecule has 0 saturated carbocycles. The number of carbonyl (C=O) groups is 1. The van der Waals surface area contributed by atoms with Crippen molar-refractivity contribution in [2.24, 2.45) is 0 Å². The van der Waals surface area contributed by atoms with Gasteiger partial charge in [0.1, 0.15) is 11.8 Å². The SMILES string of the molecule is CCOc1ccc(S(=O)(=O)N[C@H](Cc2ccccc2)C(=O)Nc2cccc([N+](=O)[O-])c2C)cc1Cl. The number of rotatable bonds is 10. The quantitative estimate of drug-likeness (QED) is 0.301. The number of halogens is 1. The molecule has 0 unspecified atom stereocenters. The Kier molecular flexibility index (Phi) is 8.44. The predicted molar refractivity (Wildman–Crippen MR) is 133 cm³/mol. The summed E-state index contributed by atoms with van der Waals surface area (Å²) in [5.41, 5.74) is 1.03. The first-order chi connectivity index (χ1) is 16.6. The predicted octanol–water partition coefficient (Wildman–Crippen LogP) is 4.48. The molecule has 0 fully saturated rings. The number of nitro groups is 1. The molecule has 1 atom stereocenters. The van der Waals surface area contributed by atoms with Crippen LogP contribution in [-0.4, -0.2) is 31.9 Å². The van der Waals surface area contributed by atoms with Crippen LogP contribution in [0.3, 0.4) is 0 Å². The van der Waals surface area contributed by atoms with Crippen LogP contribution in [0, 0.1) is 17.0 Å². The van der Waals surface area contributed by atoms with Crippen LogP contribution in [0.4, 0.5) is 11.4 Å². The van der Waals surface area contributed by atoms with Crippen LogP contribution in [-0.2, 0) is 21.2 Å². The first-order valence-corrected chi connectivity index (χ1v) is 12.5. The molecule has 0 aliphatic rings. The number of nitrogens with zero attached hydrogens (tertiary/aromatic N) is 1. The summed E-state index contributed by atoms with van der Waals surface area (Å²) in [6.07, 6.45) is 0.0463. The average molecular weight is 518 g/mol. The van der Waals surface area contributed by atoms with E-state index in [0.717, 1.165) is 5.56 Å². The van der Waals surface area contributed by atoms with Gasteiger partial charge in [0.2, 0.25) is 15.9 Å². The molecule has 0 aliphatic carbocycles. The fourth-order valence-corrected chi connectivity index (χ4v) is 4.91. The minimum absolute atomic E-state index is 0.0463. The van der Waals surface area contributed by atoms with Gasteiger partial charge in [0, 0.05) is 6.07 Å². The molecule has 0 saturated heterocycles. The lowest BCUT2D eigenvalue weighted by Gasteiger charge is -2.20. The molecule has 0 aromatic heterocycles. The van der Waals surface area contributed by atoms with E-state index in [2.05, 4.69) is 10.0 Å². The van der Waals surface area contributed by atoms with E-state index >= 15 is 0 Å². The summed E-state index contributed by atoms with van der Waals surface area (Å²) in [6.45, 7) is 3.64. The van der Waals surface area contributed by atoms with Gasteiger partial charge in [-0.05, 0) is 50.1 Å². The highest BCUT2D eigenvalue weighted by molar-refractivity contribution is 7.89. The van der Waals surface area contributed by atoms with Crippen LogP contribution in [0.15, 0.2) is 71.6 Å². The number of amides is 1. The number of hydrogen-bond acceptors (Lipinski definition) is 6. The molecule has 11 heteroatoms. The van der Waals surface area contributed by atoms with Gasteiger partial charge < -0.3 is 10.1 Å². The van der Waals surface area contributed by atoms with Crippen molar-refractivity contribution in [1.82, 2.24) is 4.72 Å². The lowest BCUT2D eigenvalue weighted by Crippen LogP contribution is -2.45. The Morgan fingerprint density at radius 2 is 1.83 bits per heavy atom. The molecule has 0 bridgehead atoms. The van der Waals surface area contributed by atoms with Gasteiger partial charge in [-0.25, -0.2) is 8.42 Å². The van der Waals surface area contributed by atoms with Crippen molar-refractivity contribution >= 4 is 38.9 Å². The summed E-state index contributed by atoms with van der Waals surface area (Å²) >= 11 is 6.16. The standard InChI is InChI=1S/C24H24ClN3O6S/c1-3-34-23-13-12-18(15-19(23)25)35(32,33)27-21(14-17-8-5-4-6-9-17)24(29)26-20-10-7-11-22(16(20)2)28(30)31/h4-13,15,21,27H,3,14H2,1-2H3,(H,26,29)/t21-/m1/s1. The van der Waals surface area contributed by atoms with Gasteiger partial charge in [0.05, 0.1) is 32.7 Å². The molecule has 0 spiro atoms. The monoisotopic (exact) mass is 517 g/mol. The van der Waals surface area contributed by atoms with Crippen LogP contribution in [0.5, 0.6) is 5.75 Å². The van der Waals surface area contributed by atoms with Gasteiger partial charge in [-0.3, -0.25) is 14.9 Å². The summed E-state index contributed by atoms with van der Waals surface area (Å²) in [7, 11) is -4.16. The lowest BCUT2D eigenvalue weighted by atomic mass is 10.1. The summed E-state index contributed by atoms with van der Waals surface area (Å²) < 4.78 is 34.1. The van der Waals surface area contributed by atoms with E-state index < -0.39 is 26.9 Å². The number of carbonyl (C=O) groups excluding carboxylic acids is 1. The third-order valence-corrected chi connectivity index (χ3v) is 6.93. The number of benzene rings is 3. The Morgan fingerprint density at radius 3 is 2.46 bits per heavy atom. The first kappa shape index (κ1) is 26.1. The van der Waals surface area contributed by atoms with Crippen LogP contribution in [0.1, 0.15) is 18.1 Å². The van der Waals surface area contributed by atoms with Crippen LogP contribution >= 0.6 is 11.6 Å². The second kappa shape index (κ2) is 11.3. The highest BCUT2D eigenvalue weighted by Crippen LogP contribution is 2.28. The van der Waals surface area contributed by atoms with Crippen molar-refractivity contribution in [3.05, 3.63) is 93.0 Å². The first-order valence-electron chi connectivity index (χ1n) is 10.7. The Labute approximate surface area is 208 Å². The zero-order valence-electron chi connectivity index (χ0n) is 19.0. The Bertz CT molecular complexity index is 1330. The van der Waals surface area contributed by atoms with Gasteiger partial charge in [-0.15, -0.1) is 0 Å². The average Bonchev–Trinajstić information content (AvgIpc) is 2.81. The lowest BCUT2D eigenvalue weighted by molar-refractivity contribution is -0.385. The van der Waals surface area contributed by atoms with E-state index in [4.69, 9.17) is 16.3 Å².